The molecule has 1 aromatic heterocycles. The Kier molecular flexibility index (Phi) is 3.67. The van der Waals surface area contributed by atoms with Crippen LogP contribution in [0.3, 0.4) is 0 Å². The monoisotopic (exact) mass is 245 g/mol. The average Bonchev–Trinajstić information content (AvgIpc) is 2.57. The van der Waals surface area contributed by atoms with E-state index in [1.807, 2.05) is 30.8 Å². The molecule has 0 spiro atoms. The van der Waals surface area contributed by atoms with Gasteiger partial charge < -0.3 is 10.4 Å². The van der Waals surface area contributed by atoms with Gasteiger partial charge in [0.05, 0.1) is 12.2 Å². The number of hydrogen-bond acceptors (Lipinski definition) is 3. The molecule has 18 heavy (non-hydrogen) atoms. The fraction of sp³-hybridized carbons (Fsp3) is 0.357. The third kappa shape index (κ3) is 2.54. The van der Waals surface area contributed by atoms with Gasteiger partial charge >= 0.3 is 0 Å². The van der Waals surface area contributed by atoms with Gasteiger partial charge in [0.15, 0.2) is 0 Å². The van der Waals surface area contributed by atoms with Crippen LogP contribution >= 0.6 is 0 Å². The van der Waals surface area contributed by atoms with Crippen molar-refractivity contribution in [3.05, 3.63) is 46.8 Å². The second-order valence-corrected chi connectivity index (χ2v) is 4.51. The number of rotatable bonds is 4. The Morgan fingerprint density at radius 2 is 2.11 bits per heavy atom. The van der Waals surface area contributed by atoms with E-state index in [9.17, 15) is 5.11 Å². The van der Waals surface area contributed by atoms with Crippen LogP contribution in [0.25, 0.3) is 0 Å². The molecular weight excluding hydrogens is 226 g/mol. The van der Waals surface area contributed by atoms with Crippen LogP contribution in [-0.4, -0.2) is 21.9 Å². The molecule has 0 aliphatic carbocycles. The van der Waals surface area contributed by atoms with E-state index < -0.39 is 0 Å². The lowest BCUT2D eigenvalue weighted by molar-refractivity contribution is 0.474. The van der Waals surface area contributed by atoms with E-state index in [1.54, 1.807) is 12.1 Å². The van der Waals surface area contributed by atoms with Gasteiger partial charge in [0.25, 0.3) is 0 Å². The van der Waals surface area contributed by atoms with Crippen LogP contribution in [0, 0.1) is 13.8 Å². The smallest absolute Gasteiger partial charge is 0.115 e. The summed E-state index contributed by atoms with van der Waals surface area (Å²) in [5, 5.41) is 17.2. The maximum Gasteiger partial charge on any atom is 0.115 e. The van der Waals surface area contributed by atoms with Gasteiger partial charge in [0.2, 0.25) is 0 Å². The van der Waals surface area contributed by atoms with E-state index in [2.05, 4.69) is 17.3 Å². The van der Waals surface area contributed by atoms with Gasteiger partial charge in [-0.25, -0.2) is 0 Å². The Bertz CT molecular complexity index is 546. The second kappa shape index (κ2) is 5.23. The highest BCUT2D eigenvalue weighted by atomic mass is 16.3. The van der Waals surface area contributed by atoms with Gasteiger partial charge in [-0.15, -0.1) is 0 Å². The maximum atomic E-state index is 9.46. The fourth-order valence-corrected chi connectivity index (χ4v) is 2.15. The maximum absolute atomic E-state index is 9.46. The molecule has 2 N–H and O–H groups in total. The van der Waals surface area contributed by atoms with Gasteiger partial charge in [0.1, 0.15) is 5.75 Å². The molecule has 0 aliphatic heterocycles. The Hall–Kier alpha value is -1.81. The molecular formula is C14H19N3O. The number of aromatic hydroxyl groups is 1. The Labute approximate surface area is 107 Å². The highest BCUT2D eigenvalue weighted by Crippen LogP contribution is 2.16. The number of benzene rings is 1. The van der Waals surface area contributed by atoms with E-state index >= 15 is 0 Å². The molecule has 0 atom stereocenters. The summed E-state index contributed by atoms with van der Waals surface area (Å²) in [7, 11) is 1.94. The van der Waals surface area contributed by atoms with Gasteiger partial charge in [-0.05, 0) is 38.6 Å². The van der Waals surface area contributed by atoms with Gasteiger partial charge in [-0.2, -0.15) is 5.10 Å². The lowest BCUT2D eigenvalue weighted by Gasteiger charge is -2.06. The minimum atomic E-state index is 0.296. The summed E-state index contributed by atoms with van der Waals surface area (Å²) in [6.07, 6.45) is 0. The van der Waals surface area contributed by atoms with Crippen molar-refractivity contribution in [3.63, 3.8) is 0 Å². The van der Waals surface area contributed by atoms with Crippen LogP contribution in [0.5, 0.6) is 5.75 Å². The lowest BCUT2D eigenvalue weighted by atomic mass is 10.2. The lowest BCUT2D eigenvalue weighted by Crippen LogP contribution is -2.08. The summed E-state index contributed by atoms with van der Waals surface area (Å²) in [6.45, 7) is 5.62. The average molecular weight is 245 g/mol. The third-order valence-electron chi connectivity index (χ3n) is 3.13. The first-order valence-corrected chi connectivity index (χ1v) is 6.07. The normalized spacial score (nSPS) is 10.8. The Morgan fingerprint density at radius 1 is 1.33 bits per heavy atom. The van der Waals surface area contributed by atoms with Crippen LogP contribution in [0.4, 0.5) is 0 Å². The van der Waals surface area contributed by atoms with Crippen molar-refractivity contribution in [3.8, 4) is 5.75 Å². The Balaban J connectivity index is 2.27. The molecule has 4 nitrogen and oxygen atoms in total. The summed E-state index contributed by atoms with van der Waals surface area (Å²) in [6, 6.07) is 7.30. The zero-order chi connectivity index (χ0) is 13.1. The highest BCUT2D eigenvalue weighted by molar-refractivity contribution is 5.29. The zero-order valence-corrected chi connectivity index (χ0v) is 11.1. The van der Waals surface area contributed by atoms with Crippen molar-refractivity contribution in [1.82, 2.24) is 15.1 Å². The molecule has 2 rings (SSSR count). The van der Waals surface area contributed by atoms with Gasteiger partial charge in [0, 0.05) is 17.8 Å². The molecule has 0 aliphatic rings. The first-order chi connectivity index (χ1) is 8.61. The van der Waals surface area contributed by atoms with Crippen LogP contribution in [0.15, 0.2) is 24.3 Å². The molecule has 0 saturated carbocycles. The highest BCUT2D eigenvalue weighted by Gasteiger charge is 2.10. The zero-order valence-electron chi connectivity index (χ0n) is 11.1. The minimum absolute atomic E-state index is 0.296. The molecule has 0 fully saturated rings. The largest absolute Gasteiger partial charge is 0.508 e. The molecule has 1 heterocycles. The number of phenolic OH excluding ortho intramolecular Hbond substituents is 1. The molecule has 0 amide bonds. The Morgan fingerprint density at radius 3 is 2.78 bits per heavy atom. The number of hydrogen-bond donors (Lipinski definition) is 2. The number of aromatic nitrogens is 2. The van der Waals surface area contributed by atoms with Crippen molar-refractivity contribution in [2.75, 3.05) is 7.05 Å². The summed E-state index contributed by atoms with van der Waals surface area (Å²) in [4.78, 5) is 0. The van der Waals surface area contributed by atoms with Gasteiger partial charge in [-0.1, -0.05) is 12.1 Å². The van der Waals surface area contributed by atoms with E-state index in [4.69, 9.17) is 0 Å². The van der Waals surface area contributed by atoms with Crippen molar-refractivity contribution in [2.24, 2.45) is 0 Å². The third-order valence-corrected chi connectivity index (χ3v) is 3.13. The summed E-state index contributed by atoms with van der Waals surface area (Å²) < 4.78 is 1.98. The van der Waals surface area contributed by atoms with Crippen molar-refractivity contribution < 1.29 is 5.11 Å². The topological polar surface area (TPSA) is 50.1 Å². The first kappa shape index (κ1) is 12.6. The van der Waals surface area contributed by atoms with Crippen molar-refractivity contribution in [1.29, 1.82) is 0 Å². The predicted octanol–water partition coefficient (Wildman–Crippen LogP) is 1.97. The molecule has 2 aromatic rings. The van der Waals surface area contributed by atoms with E-state index in [-0.39, 0.29) is 0 Å². The fourth-order valence-electron chi connectivity index (χ4n) is 2.15. The van der Waals surface area contributed by atoms with Crippen LogP contribution < -0.4 is 5.32 Å². The number of nitrogens with zero attached hydrogens (tertiary/aromatic N) is 2. The molecule has 0 bridgehead atoms. The number of nitrogens with one attached hydrogen (secondary N) is 1. The quantitative estimate of drug-likeness (QED) is 0.866. The van der Waals surface area contributed by atoms with Crippen molar-refractivity contribution >= 4 is 0 Å². The number of phenols is 1. The second-order valence-electron chi connectivity index (χ2n) is 4.51. The molecule has 0 radical (unpaired) electrons. The predicted molar refractivity (Wildman–Crippen MR) is 71.7 cm³/mol. The molecule has 1 aromatic carbocycles. The molecule has 0 saturated heterocycles. The standard InChI is InChI=1S/C14H19N3O/c1-10-14(8-15-3)11(2)17(16-10)9-12-5-4-6-13(18)7-12/h4-7,15,18H,8-9H2,1-3H3. The molecule has 4 heteroatoms. The van der Waals surface area contributed by atoms with E-state index in [0.29, 0.717) is 12.3 Å². The summed E-state index contributed by atoms with van der Waals surface area (Å²) in [5.74, 6) is 0.296. The summed E-state index contributed by atoms with van der Waals surface area (Å²) in [5.41, 5.74) is 4.53. The van der Waals surface area contributed by atoms with Crippen LogP contribution in [-0.2, 0) is 13.1 Å². The van der Waals surface area contributed by atoms with Crippen molar-refractivity contribution in [2.45, 2.75) is 26.9 Å². The van der Waals surface area contributed by atoms with E-state index in [1.165, 1.54) is 11.3 Å². The summed E-state index contributed by atoms with van der Waals surface area (Å²) >= 11 is 0. The van der Waals surface area contributed by atoms with Crippen LogP contribution in [0.2, 0.25) is 0 Å². The van der Waals surface area contributed by atoms with Crippen LogP contribution in [0.1, 0.15) is 22.5 Å². The SMILES string of the molecule is CNCc1c(C)nn(Cc2cccc(O)c2)c1C. The van der Waals surface area contributed by atoms with Gasteiger partial charge in [-0.3, -0.25) is 4.68 Å². The molecule has 96 valence electrons. The van der Waals surface area contributed by atoms with E-state index in [0.717, 1.165) is 17.8 Å². The first-order valence-electron chi connectivity index (χ1n) is 6.07. The minimum Gasteiger partial charge on any atom is -0.508 e. The molecule has 0 unspecified atom stereocenters. The number of aryl methyl sites for hydroxylation is 1.